The van der Waals surface area contributed by atoms with Crippen molar-refractivity contribution in [2.75, 3.05) is 7.11 Å². The van der Waals surface area contributed by atoms with Crippen LogP contribution in [0.5, 0.6) is 5.75 Å². The van der Waals surface area contributed by atoms with E-state index in [1.165, 1.54) is 22.9 Å². The van der Waals surface area contributed by atoms with Gasteiger partial charge in [-0.05, 0) is 49.9 Å². The molecule has 0 bridgehead atoms. The van der Waals surface area contributed by atoms with Crippen molar-refractivity contribution >= 4 is 17.7 Å². The number of carboxylic acids is 1. The molecular weight excluding hydrogens is 332 g/mol. The SMILES string of the molecule is COc1ccccc1CCCCCC(Sc1ccc(C)cc1)C(=O)O. The first-order valence-corrected chi connectivity index (χ1v) is 9.56. The molecular formula is C21H26O3S. The number of thioether (sulfide) groups is 1. The molecule has 134 valence electrons. The molecule has 0 aromatic heterocycles. The molecule has 1 unspecified atom stereocenters. The Bertz CT molecular complexity index is 667. The summed E-state index contributed by atoms with van der Waals surface area (Å²) in [4.78, 5) is 12.5. The van der Waals surface area contributed by atoms with E-state index in [0.29, 0.717) is 6.42 Å². The van der Waals surface area contributed by atoms with Gasteiger partial charge in [0.15, 0.2) is 0 Å². The number of methoxy groups -OCH3 is 1. The van der Waals surface area contributed by atoms with Crippen molar-refractivity contribution in [2.45, 2.75) is 49.2 Å². The smallest absolute Gasteiger partial charge is 0.316 e. The van der Waals surface area contributed by atoms with Crippen molar-refractivity contribution in [3.8, 4) is 5.75 Å². The van der Waals surface area contributed by atoms with Gasteiger partial charge in [0.2, 0.25) is 0 Å². The summed E-state index contributed by atoms with van der Waals surface area (Å²) in [6, 6.07) is 16.1. The van der Waals surface area contributed by atoms with Crippen LogP contribution in [-0.2, 0) is 11.2 Å². The van der Waals surface area contributed by atoms with Gasteiger partial charge in [0.25, 0.3) is 0 Å². The number of aryl methyl sites for hydroxylation is 2. The number of rotatable bonds is 10. The van der Waals surface area contributed by atoms with Crippen molar-refractivity contribution in [2.24, 2.45) is 0 Å². The van der Waals surface area contributed by atoms with E-state index in [9.17, 15) is 9.90 Å². The van der Waals surface area contributed by atoms with Crippen LogP contribution in [0.4, 0.5) is 0 Å². The number of aliphatic carboxylic acids is 1. The molecule has 0 spiro atoms. The quantitative estimate of drug-likeness (QED) is 0.459. The van der Waals surface area contributed by atoms with Gasteiger partial charge in [-0.25, -0.2) is 0 Å². The number of hydrogen-bond acceptors (Lipinski definition) is 3. The topological polar surface area (TPSA) is 46.5 Å². The number of unbranched alkanes of at least 4 members (excludes halogenated alkanes) is 2. The molecule has 0 saturated carbocycles. The van der Waals surface area contributed by atoms with Crippen LogP contribution in [0.2, 0.25) is 0 Å². The number of carboxylic acid groups (broad SMARTS) is 1. The van der Waals surface area contributed by atoms with Crippen LogP contribution in [-0.4, -0.2) is 23.4 Å². The van der Waals surface area contributed by atoms with E-state index < -0.39 is 5.97 Å². The fraction of sp³-hybridized carbons (Fsp3) is 0.381. The van der Waals surface area contributed by atoms with Gasteiger partial charge < -0.3 is 9.84 Å². The van der Waals surface area contributed by atoms with Crippen molar-refractivity contribution < 1.29 is 14.6 Å². The molecule has 2 rings (SSSR count). The summed E-state index contributed by atoms with van der Waals surface area (Å²) in [5, 5.41) is 9.07. The molecule has 4 heteroatoms. The highest BCUT2D eigenvalue weighted by atomic mass is 32.2. The van der Waals surface area contributed by atoms with E-state index in [0.717, 1.165) is 36.3 Å². The molecule has 0 aliphatic heterocycles. The molecule has 0 aliphatic rings. The average molecular weight is 359 g/mol. The van der Waals surface area contributed by atoms with Crippen LogP contribution in [0.3, 0.4) is 0 Å². The summed E-state index contributed by atoms with van der Waals surface area (Å²) in [6.07, 6.45) is 4.65. The van der Waals surface area contributed by atoms with Crippen molar-refractivity contribution in [1.82, 2.24) is 0 Å². The molecule has 0 radical (unpaired) electrons. The highest BCUT2D eigenvalue weighted by Gasteiger charge is 2.18. The first kappa shape index (κ1) is 19.4. The summed E-state index contributed by atoms with van der Waals surface area (Å²) in [7, 11) is 1.69. The third kappa shape index (κ3) is 6.46. The zero-order valence-corrected chi connectivity index (χ0v) is 15.7. The third-order valence-corrected chi connectivity index (χ3v) is 5.45. The van der Waals surface area contributed by atoms with E-state index >= 15 is 0 Å². The molecule has 0 amide bonds. The van der Waals surface area contributed by atoms with Crippen LogP contribution in [0.15, 0.2) is 53.4 Å². The van der Waals surface area contributed by atoms with Gasteiger partial charge in [-0.1, -0.05) is 48.7 Å². The van der Waals surface area contributed by atoms with Gasteiger partial charge in [0.05, 0.1) is 7.11 Å². The second-order valence-corrected chi connectivity index (χ2v) is 7.45. The molecule has 1 atom stereocenters. The Morgan fingerprint density at radius 2 is 1.80 bits per heavy atom. The van der Waals surface area contributed by atoms with Crippen LogP contribution in [0.25, 0.3) is 0 Å². The van der Waals surface area contributed by atoms with Crippen LogP contribution in [0.1, 0.15) is 36.8 Å². The predicted molar refractivity (Wildman–Crippen MR) is 104 cm³/mol. The number of benzene rings is 2. The first-order chi connectivity index (χ1) is 12.1. The van der Waals surface area contributed by atoms with Crippen molar-refractivity contribution in [1.29, 1.82) is 0 Å². The number of hydrogen-bond donors (Lipinski definition) is 1. The molecule has 25 heavy (non-hydrogen) atoms. The van der Waals surface area contributed by atoms with Crippen LogP contribution < -0.4 is 4.74 Å². The van der Waals surface area contributed by atoms with E-state index in [1.807, 2.05) is 49.4 Å². The Hall–Kier alpha value is -1.94. The summed E-state index contributed by atoms with van der Waals surface area (Å²) in [6.45, 7) is 2.03. The molecule has 0 fully saturated rings. The molecule has 0 heterocycles. The summed E-state index contributed by atoms with van der Waals surface area (Å²) in [5.74, 6) is 0.205. The molecule has 0 saturated heterocycles. The third-order valence-electron chi connectivity index (χ3n) is 4.18. The van der Waals surface area contributed by atoms with Gasteiger partial charge in [0, 0.05) is 4.90 Å². The van der Waals surface area contributed by atoms with Gasteiger partial charge in [-0.2, -0.15) is 0 Å². The number of ether oxygens (including phenoxy) is 1. The lowest BCUT2D eigenvalue weighted by molar-refractivity contribution is -0.136. The lowest BCUT2D eigenvalue weighted by Crippen LogP contribution is -2.16. The minimum absolute atomic E-state index is 0.381. The highest BCUT2D eigenvalue weighted by molar-refractivity contribution is 8.00. The average Bonchev–Trinajstić information content (AvgIpc) is 2.62. The fourth-order valence-corrected chi connectivity index (χ4v) is 3.75. The van der Waals surface area contributed by atoms with E-state index in [-0.39, 0.29) is 5.25 Å². The number of carbonyl (C=O) groups is 1. The zero-order valence-electron chi connectivity index (χ0n) is 14.9. The Kier molecular flexibility index (Phi) is 7.86. The minimum Gasteiger partial charge on any atom is -0.496 e. The highest BCUT2D eigenvalue weighted by Crippen LogP contribution is 2.28. The Labute approximate surface area is 154 Å². The predicted octanol–water partition coefficient (Wildman–Crippen LogP) is 5.35. The summed E-state index contributed by atoms with van der Waals surface area (Å²) >= 11 is 1.45. The molecule has 2 aromatic carbocycles. The first-order valence-electron chi connectivity index (χ1n) is 8.68. The Morgan fingerprint density at radius 3 is 2.48 bits per heavy atom. The molecule has 2 aromatic rings. The van der Waals surface area contributed by atoms with Gasteiger partial charge in [0.1, 0.15) is 11.0 Å². The van der Waals surface area contributed by atoms with E-state index in [1.54, 1.807) is 7.11 Å². The van der Waals surface area contributed by atoms with Gasteiger partial charge in [-0.3, -0.25) is 4.79 Å². The zero-order chi connectivity index (χ0) is 18.1. The second kappa shape index (κ2) is 10.1. The lowest BCUT2D eigenvalue weighted by Gasteiger charge is -2.12. The maximum atomic E-state index is 11.5. The maximum Gasteiger partial charge on any atom is 0.316 e. The monoisotopic (exact) mass is 358 g/mol. The Morgan fingerprint density at radius 1 is 1.08 bits per heavy atom. The normalized spacial score (nSPS) is 11.9. The maximum absolute atomic E-state index is 11.5. The fourth-order valence-electron chi connectivity index (χ4n) is 2.75. The Balaban J connectivity index is 1.76. The largest absolute Gasteiger partial charge is 0.496 e. The van der Waals surface area contributed by atoms with Crippen LogP contribution >= 0.6 is 11.8 Å². The minimum atomic E-state index is -0.727. The molecule has 1 N–H and O–H groups in total. The molecule has 0 aliphatic carbocycles. The van der Waals surface area contributed by atoms with E-state index in [2.05, 4.69) is 6.07 Å². The lowest BCUT2D eigenvalue weighted by atomic mass is 10.0. The standard InChI is InChI=1S/C21H26O3S/c1-16-12-14-18(15-13-16)25-20(21(22)23)11-5-3-4-8-17-9-6-7-10-19(17)24-2/h6-7,9-10,12-15,20H,3-5,8,11H2,1-2H3,(H,22,23). The van der Waals surface area contributed by atoms with E-state index in [4.69, 9.17) is 4.74 Å². The molecule has 3 nitrogen and oxygen atoms in total. The van der Waals surface area contributed by atoms with Crippen molar-refractivity contribution in [3.05, 3.63) is 59.7 Å². The summed E-state index contributed by atoms with van der Waals surface area (Å²) in [5.41, 5.74) is 2.40. The van der Waals surface area contributed by atoms with Gasteiger partial charge in [-0.15, -0.1) is 11.8 Å². The number of para-hydroxylation sites is 1. The van der Waals surface area contributed by atoms with Gasteiger partial charge >= 0.3 is 5.97 Å². The van der Waals surface area contributed by atoms with Crippen molar-refractivity contribution in [3.63, 3.8) is 0 Å². The van der Waals surface area contributed by atoms with Crippen LogP contribution in [0, 0.1) is 6.92 Å². The summed E-state index contributed by atoms with van der Waals surface area (Å²) < 4.78 is 5.37. The second-order valence-electron chi connectivity index (χ2n) is 6.17.